The van der Waals surface area contributed by atoms with E-state index in [1.165, 1.54) is 45.2 Å². The van der Waals surface area contributed by atoms with E-state index in [1.807, 2.05) is 0 Å². The van der Waals surface area contributed by atoms with E-state index in [-0.39, 0.29) is 0 Å². The number of nitrogens with zero attached hydrogens (tertiary/aromatic N) is 1. The average Bonchev–Trinajstić information content (AvgIpc) is 2.56. The van der Waals surface area contributed by atoms with Crippen LogP contribution in [0.25, 0.3) is 0 Å². The van der Waals surface area contributed by atoms with Gasteiger partial charge < -0.3 is 15.4 Å². The van der Waals surface area contributed by atoms with Gasteiger partial charge in [-0.3, -0.25) is 0 Å². The lowest BCUT2D eigenvalue weighted by molar-refractivity contribution is 0.185. The number of rotatable bonds is 8. The van der Waals surface area contributed by atoms with E-state index >= 15 is 0 Å². The monoisotopic (exact) mass is 256 g/mol. The molecule has 18 heavy (non-hydrogen) atoms. The Morgan fingerprint density at radius 3 is 2.89 bits per heavy atom. The van der Waals surface area contributed by atoms with Crippen LogP contribution in [0.15, 0.2) is 0 Å². The van der Waals surface area contributed by atoms with Crippen molar-refractivity contribution in [2.75, 3.05) is 33.4 Å². The molecule has 0 spiro atoms. The fraction of sp³-hybridized carbons (Fsp3) is 1.00. The van der Waals surface area contributed by atoms with Gasteiger partial charge in [-0.25, -0.2) is 0 Å². The summed E-state index contributed by atoms with van der Waals surface area (Å²) in [7, 11) is 1.76. The molecule has 1 saturated heterocycles. The molecule has 0 aliphatic carbocycles. The molecule has 1 heterocycles. The van der Waals surface area contributed by atoms with Crippen LogP contribution >= 0.6 is 0 Å². The van der Waals surface area contributed by atoms with Gasteiger partial charge in [-0.2, -0.15) is 0 Å². The molecule has 108 valence electrons. The van der Waals surface area contributed by atoms with Crippen molar-refractivity contribution >= 4 is 0 Å². The fourth-order valence-electron chi connectivity index (χ4n) is 3.02. The largest absolute Gasteiger partial charge is 0.385 e. The van der Waals surface area contributed by atoms with Crippen LogP contribution in [0.4, 0.5) is 0 Å². The Hall–Kier alpha value is -0.120. The zero-order chi connectivity index (χ0) is 13.2. The molecule has 1 aliphatic rings. The van der Waals surface area contributed by atoms with Crippen LogP contribution in [0, 0.1) is 5.92 Å². The predicted octanol–water partition coefficient (Wildman–Crippen LogP) is 2.64. The van der Waals surface area contributed by atoms with Crippen molar-refractivity contribution in [2.45, 2.75) is 57.9 Å². The van der Waals surface area contributed by atoms with Crippen LogP contribution in [0.1, 0.15) is 51.9 Å². The van der Waals surface area contributed by atoms with E-state index in [0.717, 1.165) is 31.9 Å². The molecule has 0 radical (unpaired) electrons. The molecule has 0 bridgehead atoms. The Kier molecular flexibility index (Phi) is 8.64. The number of methoxy groups -OCH3 is 1. The maximum atomic E-state index is 6.19. The van der Waals surface area contributed by atoms with Gasteiger partial charge in [-0.05, 0) is 51.1 Å². The number of likely N-dealkylation sites (tertiary alicyclic amines) is 1. The molecular formula is C15H32N2O. The highest BCUT2D eigenvalue weighted by atomic mass is 16.5. The van der Waals surface area contributed by atoms with E-state index in [1.54, 1.807) is 7.11 Å². The third-order valence-corrected chi connectivity index (χ3v) is 4.05. The van der Waals surface area contributed by atoms with E-state index in [0.29, 0.717) is 6.04 Å². The molecule has 2 atom stereocenters. The standard InChI is InChI=1S/C15H32N2O/c1-3-6-14-7-4-10-17(11-9-14)13-15(16)8-5-12-18-2/h14-15H,3-13,16H2,1-2H3. The Morgan fingerprint density at radius 2 is 2.17 bits per heavy atom. The van der Waals surface area contributed by atoms with E-state index in [2.05, 4.69) is 11.8 Å². The minimum Gasteiger partial charge on any atom is -0.385 e. The lowest BCUT2D eigenvalue weighted by Crippen LogP contribution is -2.38. The van der Waals surface area contributed by atoms with Crippen LogP contribution in [0.5, 0.6) is 0 Å². The number of ether oxygens (including phenoxy) is 1. The van der Waals surface area contributed by atoms with Crippen molar-refractivity contribution in [3.8, 4) is 0 Å². The molecule has 0 aromatic rings. The average molecular weight is 256 g/mol. The van der Waals surface area contributed by atoms with Crippen molar-refractivity contribution < 1.29 is 4.74 Å². The molecule has 1 rings (SSSR count). The zero-order valence-electron chi connectivity index (χ0n) is 12.4. The van der Waals surface area contributed by atoms with Gasteiger partial charge in [0.05, 0.1) is 0 Å². The Labute approximate surface area is 113 Å². The highest BCUT2D eigenvalue weighted by Crippen LogP contribution is 2.21. The van der Waals surface area contributed by atoms with Crippen molar-refractivity contribution in [2.24, 2.45) is 11.7 Å². The highest BCUT2D eigenvalue weighted by molar-refractivity contribution is 4.74. The molecule has 1 fully saturated rings. The summed E-state index contributed by atoms with van der Waals surface area (Å²) < 4.78 is 5.07. The molecule has 3 nitrogen and oxygen atoms in total. The lowest BCUT2D eigenvalue weighted by atomic mass is 9.96. The summed E-state index contributed by atoms with van der Waals surface area (Å²) in [5, 5.41) is 0. The highest BCUT2D eigenvalue weighted by Gasteiger charge is 2.17. The summed E-state index contributed by atoms with van der Waals surface area (Å²) in [4.78, 5) is 2.58. The van der Waals surface area contributed by atoms with Crippen molar-refractivity contribution in [1.29, 1.82) is 0 Å². The van der Waals surface area contributed by atoms with Gasteiger partial charge in [-0.1, -0.05) is 19.8 Å². The Bertz CT molecular complexity index is 199. The van der Waals surface area contributed by atoms with Gasteiger partial charge >= 0.3 is 0 Å². The first kappa shape index (κ1) is 15.9. The molecule has 0 amide bonds. The molecule has 0 aromatic carbocycles. The predicted molar refractivity (Wildman–Crippen MR) is 77.8 cm³/mol. The quantitative estimate of drug-likeness (QED) is 0.679. The maximum absolute atomic E-state index is 6.19. The summed E-state index contributed by atoms with van der Waals surface area (Å²) >= 11 is 0. The van der Waals surface area contributed by atoms with Crippen LogP contribution in [0.2, 0.25) is 0 Å². The van der Waals surface area contributed by atoms with Gasteiger partial charge in [0.2, 0.25) is 0 Å². The normalized spacial score (nSPS) is 23.8. The summed E-state index contributed by atoms with van der Waals surface area (Å²) in [5.74, 6) is 0.963. The van der Waals surface area contributed by atoms with Gasteiger partial charge in [0, 0.05) is 26.3 Å². The Balaban J connectivity index is 2.17. The summed E-state index contributed by atoms with van der Waals surface area (Å²) in [6.07, 6.45) is 9.07. The van der Waals surface area contributed by atoms with E-state index < -0.39 is 0 Å². The fourth-order valence-corrected chi connectivity index (χ4v) is 3.02. The topological polar surface area (TPSA) is 38.5 Å². The minimum atomic E-state index is 0.322. The first-order valence-electron chi connectivity index (χ1n) is 7.73. The molecule has 3 heteroatoms. The minimum absolute atomic E-state index is 0.322. The number of hydrogen-bond donors (Lipinski definition) is 1. The molecule has 0 saturated carbocycles. The van der Waals surface area contributed by atoms with Crippen LogP contribution in [0.3, 0.4) is 0 Å². The molecule has 1 aliphatic heterocycles. The summed E-state index contributed by atoms with van der Waals surface area (Å²) in [6.45, 7) is 6.71. The second-order valence-corrected chi connectivity index (χ2v) is 5.78. The molecule has 0 aromatic heterocycles. The van der Waals surface area contributed by atoms with Crippen LogP contribution in [-0.2, 0) is 4.74 Å². The second-order valence-electron chi connectivity index (χ2n) is 5.78. The smallest absolute Gasteiger partial charge is 0.0462 e. The third-order valence-electron chi connectivity index (χ3n) is 4.05. The maximum Gasteiger partial charge on any atom is 0.0462 e. The number of hydrogen-bond acceptors (Lipinski definition) is 3. The van der Waals surface area contributed by atoms with Gasteiger partial charge in [-0.15, -0.1) is 0 Å². The lowest BCUT2D eigenvalue weighted by Gasteiger charge is -2.24. The second kappa shape index (κ2) is 9.76. The van der Waals surface area contributed by atoms with Crippen molar-refractivity contribution in [3.05, 3.63) is 0 Å². The van der Waals surface area contributed by atoms with E-state index in [9.17, 15) is 0 Å². The number of nitrogens with two attached hydrogens (primary N) is 1. The summed E-state index contributed by atoms with van der Waals surface area (Å²) in [5.41, 5.74) is 6.19. The van der Waals surface area contributed by atoms with Crippen LogP contribution in [-0.4, -0.2) is 44.3 Å². The molecular weight excluding hydrogens is 224 g/mol. The van der Waals surface area contributed by atoms with Crippen molar-refractivity contribution in [1.82, 2.24) is 4.90 Å². The van der Waals surface area contributed by atoms with Crippen molar-refractivity contribution in [3.63, 3.8) is 0 Å². The SMILES string of the molecule is CCCC1CCCN(CC(N)CCCOC)CC1. The Morgan fingerprint density at radius 1 is 1.33 bits per heavy atom. The summed E-state index contributed by atoms with van der Waals surface area (Å²) in [6, 6.07) is 0.322. The molecule has 2 N–H and O–H groups in total. The third kappa shape index (κ3) is 6.72. The van der Waals surface area contributed by atoms with Gasteiger partial charge in [0.1, 0.15) is 0 Å². The first-order chi connectivity index (χ1) is 8.76. The zero-order valence-corrected chi connectivity index (χ0v) is 12.4. The van der Waals surface area contributed by atoms with Gasteiger partial charge in [0.25, 0.3) is 0 Å². The first-order valence-corrected chi connectivity index (χ1v) is 7.73. The van der Waals surface area contributed by atoms with Gasteiger partial charge in [0.15, 0.2) is 0 Å². The molecule has 2 unspecified atom stereocenters. The van der Waals surface area contributed by atoms with E-state index in [4.69, 9.17) is 10.5 Å². The van der Waals surface area contributed by atoms with Crippen LogP contribution < -0.4 is 5.73 Å².